The Bertz CT molecular complexity index is 1570. The standard InChI is InChI=1S/C33H35N3O5/c1-39-24-9-11-26-29(20-24)41-17-16-36-28-19-23(8-10-25(28)30(31(26)36)22-6-4-3-5-7-22)32(37)35-27(33(38)40-2)18-21-12-14-34-15-13-21/h8-15,19-20,22,27H,3-7,16-18H2,1-2H3,(H,35,37)/t27-/m0/s1. The van der Waals surface area contributed by atoms with Crippen molar-refractivity contribution in [1.82, 2.24) is 14.9 Å². The molecule has 41 heavy (non-hydrogen) atoms. The third-order valence-electron chi connectivity index (χ3n) is 8.38. The topological polar surface area (TPSA) is 91.7 Å². The Morgan fingerprint density at radius 3 is 2.61 bits per heavy atom. The van der Waals surface area contributed by atoms with Crippen LogP contribution in [0.2, 0.25) is 0 Å². The van der Waals surface area contributed by atoms with E-state index in [1.165, 1.54) is 43.0 Å². The summed E-state index contributed by atoms with van der Waals surface area (Å²) in [5.74, 6) is 1.22. The van der Waals surface area contributed by atoms with Crippen LogP contribution in [0.4, 0.5) is 0 Å². The van der Waals surface area contributed by atoms with Gasteiger partial charge in [0.2, 0.25) is 0 Å². The van der Waals surface area contributed by atoms with Gasteiger partial charge in [0.1, 0.15) is 24.1 Å². The maximum Gasteiger partial charge on any atom is 0.328 e. The van der Waals surface area contributed by atoms with Crippen LogP contribution >= 0.6 is 0 Å². The summed E-state index contributed by atoms with van der Waals surface area (Å²) >= 11 is 0. The summed E-state index contributed by atoms with van der Waals surface area (Å²) in [6.45, 7) is 1.17. The molecule has 1 fully saturated rings. The normalized spacial score (nSPS) is 15.7. The van der Waals surface area contributed by atoms with Crippen molar-refractivity contribution in [3.8, 4) is 22.8 Å². The molecule has 0 radical (unpaired) electrons. The predicted molar refractivity (Wildman–Crippen MR) is 156 cm³/mol. The van der Waals surface area contributed by atoms with E-state index in [0.29, 0.717) is 31.1 Å². The number of carbonyl (C=O) groups excluding carboxylic acids is 2. The van der Waals surface area contributed by atoms with Gasteiger partial charge in [-0.1, -0.05) is 25.3 Å². The molecule has 1 N–H and O–H groups in total. The van der Waals surface area contributed by atoms with Crippen molar-refractivity contribution in [2.75, 3.05) is 20.8 Å². The van der Waals surface area contributed by atoms with Gasteiger partial charge in [0.15, 0.2) is 0 Å². The summed E-state index contributed by atoms with van der Waals surface area (Å²) in [7, 11) is 3.00. The number of hydrogen-bond acceptors (Lipinski definition) is 6. The molecule has 2 aromatic carbocycles. The molecule has 3 heterocycles. The number of pyridine rings is 1. The van der Waals surface area contributed by atoms with Gasteiger partial charge in [0, 0.05) is 46.9 Å². The maximum atomic E-state index is 13.5. The van der Waals surface area contributed by atoms with E-state index in [9.17, 15) is 9.59 Å². The first-order valence-corrected chi connectivity index (χ1v) is 14.3. The molecule has 0 spiro atoms. The summed E-state index contributed by atoms with van der Waals surface area (Å²) in [5.41, 5.74) is 5.95. The van der Waals surface area contributed by atoms with Crippen molar-refractivity contribution in [3.05, 3.63) is 77.6 Å². The molecule has 6 rings (SSSR count). The fourth-order valence-electron chi connectivity index (χ4n) is 6.37. The second-order valence-electron chi connectivity index (χ2n) is 10.8. The lowest BCUT2D eigenvalue weighted by Gasteiger charge is -2.23. The van der Waals surface area contributed by atoms with E-state index in [1.54, 1.807) is 19.5 Å². The zero-order valence-corrected chi connectivity index (χ0v) is 23.5. The average Bonchev–Trinajstić information content (AvgIpc) is 3.22. The van der Waals surface area contributed by atoms with E-state index in [2.05, 4.69) is 27.0 Å². The highest BCUT2D eigenvalue weighted by Gasteiger charge is 2.30. The lowest BCUT2D eigenvalue weighted by atomic mass is 9.81. The van der Waals surface area contributed by atoms with Crippen molar-refractivity contribution in [2.45, 2.75) is 57.0 Å². The average molecular weight is 554 g/mol. The summed E-state index contributed by atoms with van der Waals surface area (Å²) < 4.78 is 19.0. The van der Waals surface area contributed by atoms with Gasteiger partial charge < -0.3 is 24.1 Å². The minimum atomic E-state index is -0.817. The second-order valence-corrected chi connectivity index (χ2v) is 10.8. The minimum Gasteiger partial charge on any atom is -0.497 e. The van der Waals surface area contributed by atoms with E-state index in [0.717, 1.165) is 41.0 Å². The third-order valence-corrected chi connectivity index (χ3v) is 8.38. The number of fused-ring (bicyclic) bond motifs is 5. The minimum absolute atomic E-state index is 0.313. The van der Waals surface area contributed by atoms with E-state index in [-0.39, 0.29) is 5.91 Å². The van der Waals surface area contributed by atoms with Gasteiger partial charge in [-0.05, 0) is 66.3 Å². The monoisotopic (exact) mass is 553 g/mol. The Hall–Kier alpha value is -4.33. The van der Waals surface area contributed by atoms with E-state index >= 15 is 0 Å². The second kappa shape index (κ2) is 11.6. The SMILES string of the molecule is COC(=O)[C@H](Cc1ccncc1)NC(=O)c1ccc2c(C3CCCCC3)c3n(c2c1)CCOc1cc(OC)ccc1-3. The molecule has 1 saturated carbocycles. The number of rotatable bonds is 7. The van der Waals surface area contributed by atoms with Crippen LogP contribution < -0.4 is 14.8 Å². The van der Waals surface area contributed by atoms with Crippen LogP contribution in [-0.4, -0.2) is 48.3 Å². The number of carbonyl (C=O) groups is 2. The zero-order valence-electron chi connectivity index (χ0n) is 23.5. The molecule has 8 nitrogen and oxygen atoms in total. The highest BCUT2D eigenvalue weighted by atomic mass is 16.5. The summed E-state index contributed by atoms with van der Waals surface area (Å²) in [6, 6.07) is 14.8. The van der Waals surface area contributed by atoms with Crippen LogP contribution in [-0.2, 0) is 22.5 Å². The van der Waals surface area contributed by atoms with Gasteiger partial charge in [0.05, 0.1) is 26.5 Å². The van der Waals surface area contributed by atoms with Gasteiger partial charge in [0.25, 0.3) is 5.91 Å². The number of nitrogens with zero attached hydrogens (tertiary/aromatic N) is 2. The van der Waals surface area contributed by atoms with Gasteiger partial charge in [-0.25, -0.2) is 4.79 Å². The molecule has 212 valence electrons. The van der Waals surface area contributed by atoms with Crippen LogP contribution in [0, 0.1) is 0 Å². The molecule has 1 amide bonds. The molecule has 1 aliphatic carbocycles. The van der Waals surface area contributed by atoms with Crippen LogP contribution in [0.3, 0.4) is 0 Å². The van der Waals surface area contributed by atoms with Crippen molar-refractivity contribution in [1.29, 1.82) is 0 Å². The number of benzene rings is 2. The van der Waals surface area contributed by atoms with Gasteiger partial charge in [-0.3, -0.25) is 9.78 Å². The van der Waals surface area contributed by atoms with E-state index in [4.69, 9.17) is 14.2 Å². The summed E-state index contributed by atoms with van der Waals surface area (Å²) in [6.07, 6.45) is 9.65. The molecular formula is C33H35N3O5. The number of aromatic nitrogens is 2. The molecule has 2 aliphatic rings. The van der Waals surface area contributed by atoms with Crippen LogP contribution in [0.15, 0.2) is 60.9 Å². The fourth-order valence-corrected chi connectivity index (χ4v) is 6.37. The smallest absolute Gasteiger partial charge is 0.328 e. The highest BCUT2D eigenvalue weighted by molar-refractivity contribution is 6.02. The summed E-state index contributed by atoms with van der Waals surface area (Å²) in [4.78, 5) is 30.2. The Morgan fingerprint density at radius 1 is 1.05 bits per heavy atom. The fraction of sp³-hybridized carbons (Fsp3) is 0.364. The molecule has 1 atom stereocenters. The first kappa shape index (κ1) is 26.9. The molecule has 0 saturated heterocycles. The first-order chi connectivity index (χ1) is 20.1. The number of hydrogen-bond donors (Lipinski definition) is 1. The van der Waals surface area contributed by atoms with Crippen molar-refractivity contribution in [3.63, 3.8) is 0 Å². The Morgan fingerprint density at radius 2 is 1.85 bits per heavy atom. The summed E-state index contributed by atoms with van der Waals surface area (Å²) in [5, 5.41) is 4.08. The zero-order chi connectivity index (χ0) is 28.3. The molecule has 0 bridgehead atoms. The van der Waals surface area contributed by atoms with Crippen LogP contribution in [0.25, 0.3) is 22.2 Å². The Labute approximate surface area is 239 Å². The van der Waals surface area contributed by atoms with Crippen LogP contribution in [0.1, 0.15) is 59.5 Å². The van der Waals surface area contributed by atoms with Gasteiger partial charge in [-0.2, -0.15) is 0 Å². The van der Waals surface area contributed by atoms with Crippen molar-refractivity contribution < 1.29 is 23.8 Å². The first-order valence-electron chi connectivity index (χ1n) is 14.3. The number of ether oxygens (including phenoxy) is 3. The Kier molecular flexibility index (Phi) is 7.63. The molecular weight excluding hydrogens is 518 g/mol. The quantitative estimate of drug-likeness (QED) is 0.297. The third kappa shape index (κ3) is 5.26. The number of nitrogens with one attached hydrogen (secondary N) is 1. The number of amides is 1. The van der Waals surface area contributed by atoms with Crippen LogP contribution in [0.5, 0.6) is 11.5 Å². The molecule has 1 aliphatic heterocycles. The Balaban J connectivity index is 1.42. The van der Waals surface area contributed by atoms with E-state index in [1.807, 2.05) is 36.4 Å². The highest BCUT2D eigenvalue weighted by Crippen LogP contribution is 2.47. The lowest BCUT2D eigenvalue weighted by molar-refractivity contribution is -0.142. The molecule has 4 aromatic rings. The van der Waals surface area contributed by atoms with Gasteiger partial charge in [-0.15, -0.1) is 0 Å². The largest absolute Gasteiger partial charge is 0.497 e. The van der Waals surface area contributed by atoms with Crippen molar-refractivity contribution in [2.24, 2.45) is 0 Å². The van der Waals surface area contributed by atoms with E-state index < -0.39 is 12.0 Å². The number of methoxy groups -OCH3 is 2. The lowest BCUT2D eigenvalue weighted by Crippen LogP contribution is -2.43. The van der Waals surface area contributed by atoms with Crippen molar-refractivity contribution >= 4 is 22.8 Å². The van der Waals surface area contributed by atoms with Gasteiger partial charge >= 0.3 is 5.97 Å². The maximum absolute atomic E-state index is 13.5. The molecule has 0 unspecified atom stereocenters. The molecule has 8 heteroatoms. The molecule has 2 aromatic heterocycles. The predicted octanol–water partition coefficient (Wildman–Crippen LogP) is 5.67. The number of esters is 1.